The Bertz CT molecular complexity index is 1220. The molecule has 0 unspecified atom stereocenters. The van der Waals surface area contributed by atoms with Crippen molar-refractivity contribution in [2.45, 2.75) is 20.8 Å². The molecular weight excluding hydrogens is 418 g/mol. The fourth-order valence-corrected chi connectivity index (χ4v) is 4.28. The molecule has 172 valence electrons. The summed E-state index contributed by atoms with van der Waals surface area (Å²) in [6.45, 7) is 9.73. The Hall–Kier alpha value is -3.61. The first-order valence-corrected chi connectivity index (χ1v) is 11.4. The second-order valence-corrected chi connectivity index (χ2v) is 8.22. The number of carbonyl (C=O) groups is 2. The molecule has 0 saturated carbocycles. The quantitative estimate of drug-likeness (QED) is 0.423. The van der Waals surface area contributed by atoms with Crippen LogP contribution in [-0.2, 0) is 0 Å². The second-order valence-electron chi connectivity index (χ2n) is 8.22. The number of nitrogens with zero attached hydrogens (tertiary/aromatic N) is 3. The van der Waals surface area contributed by atoms with Crippen molar-refractivity contribution < 1.29 is 14.0 Å². The summed E-state index contributed by atoms with van der Waals surface area (Å²) in [5.41, 5.74) is 2.63. The molecule has 1 amide bonds. The highest BCUT2D eigenvalue weighted by molar-refractivity contribution is 5.97. The highest BCUT2D eigenvalue weighted by Gasteiger charge is 2.25. The molecule has 0 aliphatic carbocycles. The van der Waals surface area contributed by atoms with Gasteiger partial charge < -0.3 is 19.1 Å². The molecular formula is C26H29N3O4. The lowest BCUT2D eigenvalue weighted by atomic mass is 10.1. The van der Waals surface area contributed by atoms with Gasteiger partial charge >= 0.3 is 5.63 Å². The Labute approximate surface area is 193 Å². The average molecular weight is 448 g/mol. The van der Waals surface area contributed by atoms with Crippen LogP contribution >= 0.6 is 0 Å². The van der Waals surface area contributed by atoms with Gasteiger partial charge in [0.25, 0.3) is 5.91 Å². The van der Waals surface area contributed by atoms with Crippen molar-refractivity contribution in [2.75, 3.05) is 49.1 Å². The molecule has 2 heterocycles. The van der Waals surface area contributed by atoms with Gasteiger partial charge in [-0.1, -0.05) is 0 Å². The predicted octanol–water partition coefficient (Wildman–Crippen LogP) is 3.80. The van der Waals surface area contributed by atoms with E-state index in [1.807, 2.05) is 42.5 Å². The number of piperazine rings is 1. The molecule has 1 aromatic heterocycles. The number of hydrogen-bond acceptors (Lipinski definition) is 6. The van der Waals surface area contributed by atoms with Crippen molar-refractivity contribution in [1.29, 1.82) is 0 Å². The third-order valence-electron chi connectivity index (χ3n) is 6.28. The minimum Gasteiger partial charge on any atom is -0.422 e. The Kier molecular flexibility index (Phi) is 6.49. The summed E-state index contributed by atoms with van der Waals surface area (Å²) < 4.78 is 5.54. The van der Waals surface area contributed by atoms with E-state index >= 15 is 0 Å². The molecule has 3 aromatic rings. The zero-order chi connectivity index (χ0) is 23.5. The van der Waals surface area contributed by atoms with Crippen molar-refractivity contribution in [1.82, 2.24) is 4.90 Å². The lowest BCUT2D eigenvalue weighted by Gasteiger charge is -2.36. The van der Waals surface area contributed by atoms with Crippen LogP contribution in [0.4, 0.5) is 11.4 Å². The monoisotopic (exact) mass is 447 g/mol. The topological polar surface area (TPSA) is 74.1 Å². The molecule has 7 nitrogen and oxygen atoms in total. The van der Waals surface area contributed by atoms with Crippen LogP contribution in [0.3, 0.4) is 0 Å². The SMILES string of the molecule is CCN(CC)c1ccc2cc(C(=O)N3CCN(c4ccc(C(C)=O)cc4)CC3)c(=O)oc2c1. The van der Waals surface area contributed by atoms with Crippen molar-refractivity contribution in [2.24, 2.45) is 0 Å². The number of anilines is 2. The first-order chi connectivity index (χ1) is 15.9. The summed E-state index contributed by atoms with van der Waals surface area (Å²) in [7, 11) is 0. The van der Waals surface area contributed by atoms with E-state index in [0.29, 0.717) is 37.3 Å². The summed E-state index contributed by atoms with van der Waals surface area (Å²) >= 11 is 0. The van der Waals surface area contributed by atoms with Crippen molar-refractivity contribution in [3.8, 4) is 0 Å². The first kappa shape index (κ1) is 22.6. The van der Waals surface area contributed by atoms with E-state index < -0.39 is 5.63 Å². The van der Waals surface area contributed by atoms with E-state index in [9.17, 15) is 14.4 Å². The minimum absolute atomic E-state index is 0.0375. The number of carbonyl (C=O) groups excluding carboxylic acids is 2. The van der Waals surface area contributed by atoms with Gasteiger partial charge in [0.2, 0.25) is 0 Å². The fourth-order valence-electron chi connectivity index (χ4n) is 4.28. The highest BCUT2D eigenvalue weighted by Crippen LogP contribution is 2.23. The molecule has 1 aliphatic rings. The van der Waals surface area contributed by atoms with Crippen LogP contribution < -0.4 is 15.4 Å². The molecule has 0 N–H and O–H groups in total. The molecule has 33 heavy (non-hydrogen) atoms. The van der Waals surface area contributed by atoms with Crippen LogP contribution in [-0.4, -0.2) is 55.9 Å². The van der Waals surface area contributed by atoms with E-state index in [2.05, 4.69) is 23.6 Å². The molecule has 1 aliphatic heterocycles. The zero-order valence-electron chi connectivity index (χ0n) is 19.3. The largest absolute Gasteiger partial charge is 0.422 e. The van der Waals surface area contributed by atoms with Gasteiger partial charge in [-0.05, 0) is 63.2 Å². The van der Waals surface area contributed by atoms with Crippen molar-refractivity contribution in [3.63, 3.8) is 0 Å². The van der Waals surface area contributed by atoms with Crippen LogP contribution in [0.15, 0.2) is 57.7 Å². The third-order valence-corrected chi connectivity index (χ3v) is 6.28. The summed E-state index contributed by atoms with van der Waals surface area (Å²) in [5.74, 6) is -0.263. The van der Waals surface area contributed by atoms with Gasteiger partial charge in [0.15, 0.2) is 5.78 Å². The maximum Gasteiger partial charge on any atom is 0.349 e. The van der Waals surface area contributed by atoms with Gasteiger partial charge in [-0.3, -0.25) is 9.59 Å². The smallest absolute Gasteiger partial charge is 0.349 e. The Morgan fingerprint density at radius 1 is 0.939 bits per heavy atom. The summed E-state index contributed by atoms with van der Waals surface area (Å²) in [6, 6.07) is 14.9. The number of hydrogen-bond donors (Lipinski definition) is 0. The highest BCUT2D eigenvalue weighted by atomic mass is 16.4. The summed E-state index contributed by atoms with van der Waals surface area (Å²) in [6.07, 6.45) is 0. The molecule has 0 radical (unpaired) electrons. The average Bonchev–Trinajstić information content (AvgIpc) is 2.84. The van der Waals surface area contributed by atoms with Crippen LogP contribution in [0.25, 0.3) is 11.0 Å². The van der Waals surface area contributed by atoms with Crippen LogP contribution in [0.1, 0.15) is 41.5 Å². The van der Waals surface area contributed by atoms with Gasteiger partial charge in [0.05, 0.1) is 0 Å². The molecule has 2 aromatic carbocycles. The first-order valence-electron chi connectivity index (χ1n) is 11.4. The zero-order valence-corrected chi connectivity index (χ0v) is 19.3. The molecule has 1 fully saturated rings. The third kappa shape index (κ3) is 4.62. The molecule has 0 bridgehead atoms. The van der Waals surface area contributed by atoms with Gasteiger partial charge in [-0.2, -0.15) is 0 Å². The second kappa shape index (κ2) is 9.48. The van der Waals surface area contributed by atoms with E-state index in [-0.39, 0.29) is 17.3 Å². The van der Waals surface area contributed by atoms with Crippen LogP contribution in [0.5, 0.6) is 0 Å². The number of rotatable bonds is 6. The van der Waals surface area contributed by atoms with E-state index in [1.165, 1.54) is 0 Å². The number of ketones is 1. The molecule has 4 rings (SSSR count). The maximum atomic E-state index is 13.1. The van der Waals surface area contributed by atoms with Crippen LogP contribution in [0, 0.1) is 0 Å². The summed E-state index contributed by atoms with van der Waals surface area (Å²) in [4.78, 5) is 43.3. The summed E-state index contributed by atoms with van der Waals surface area (Å²) in [5, 5.41) is 0.734. The maximum absolute atomic E-state index is 13.1. The van der Waals surface area contributed by atoms with Crippen molar-refractivity contribution >= 4 is 34.0 Å². The standard InChI is InChI=1S/C26H29N3O4/c1-4-27(5-2)22-11-8-20-16-23(26(32)33-24(20)17-22)25(31)29-14-12-28(13-15-29)21-9-6-19(7-10-21)18(3)30/h6-11,16-17H,4-5,12-15H2,1-3H3. The van der Waals surface area contributed by atoms with Gasteiger partial charge in [0.1, 0.15) is 11.1 Å². The predicted molar refractivity (Wildman–Crippen MR) is 131 cm³/mol. The van der Waals surface area contributed by atoms with Crippen molar-refractivity contribution in [3.05, 3.63) is 70.1 Å². The number of benzene rings is 2. The van der Waals surface area contributed by atoms with E-state index in [4.69, 9.17) is 4.42 Å². The lowest BCUT2D eigenvalue weighted by molar-refractivity contribution is 0.0742. The number of Topliss-reactive ketones (excluding diaryl/α,β-unsaturated/α-hetero) is 1. The van der Waals surface area contributed by atoms with Crippen LogP contribution in [0.2, 0.25) is 0 Å². The Balaban J connectivity index is 1.48. The lowest BCUT2D eigenvalue weighted by Crippen LogP contribution is -2.49. The van der Waals surface area contributed by atoms with E-state index in [1.54, 1.807) is 17.9 Å². The van der Waals surface area contributed by atoms with Gasteiger partial charge in [0, 0.05) is 67.7 Å². The molecule has 0 atom stereocenters. The number of fused-ring (bicyclic) bond motifs is 1. The molecule has 0 spiro atoms. The number of amides is 1. The molecule has 7 heteroatoms. The van der Waals surface area contributed by atoms with E-state index in [0.717, 1.165) is 29.9 Å². The normalized spacial score (nSPS) is 13.9. The van der Waals surface area contributed by atoms with Gasteiger partial charge in [-0.25, -0.2) is 4.79 Å². The Morgan fingerprint density at radius 3 is 2.21 bits per heavy atom. The Morgan fingerprint density at radius 2 is 1.61 bits per heavy atom. The fraction of sp³-hybridized carbons (Fsp3) is 0.346. The van der Waals surface area contributed by atoms with Gasteiger partial charge in [-0.15, -0.1) is 0 Å². The molecule has 1 saturated heterocycles. The minimum atomic E-state index is -0.605.